The highest BCUT2D eigenvalue weighted by atomic mass is 127. The lowest BCUT2D eigenvalue weighted by molar-refractivity contribution is -0.384. The van der Waals surface area contributed by atoms with E-state index >= 15 is 0 Å². The fourth-order valence-electron chi connectivity index (χ4n) is 1.78. The molecule has 0 aromatic heterocycles. The van der Waals surface area contributed by atoms with Crippen LogP contribution in [-0.2, 0) is 0 Å². The van der Waals surface area contributed by atoms with Crippen molar-refractivity contribution in [2.24, 2.45) is 11.7 Å². The summed E-state index contributed by atoms with van der Waals surface area (Å²) in [7, 11) is 0. The molecule has 0 aliphatic heterocycles. The van der Waals surface area contributed by atoms with Gasteiger partial charge in [-0.25, -0.2) is 0 Å². The molecule has 0 saturated carbocycles. The summed E-state index contributed by atoms with van der Waals surface area (Å²) in [4.78, 5) is 10.6. The molecule has 0 radical (unpaired) electrons. The summed E-state index contributed by atoms with van der Waals surface area (Å²) in [6, 6.07) is 5.21. The van der Waals surface area contributed by atoms with Crippen LogP contribution in [0, 0.1) is 19.6 Å². The summed E-state index contributed by atoms with van der Waals surface area (Å²) < 4.78 is 0.845. The van der Waals surface area contributed by atoms with Gasteiger partial charge in [0, 0.05) is 22.2 Å². The van der Waals surface area contributed by atoms with Crippen LogP contribution in [0.1, 0.15) is 20.3 Å². The van der Waals surface area contributed by atoms with Crippen LogP contribution < -0.4 is 11.1 Å². The van der Waals surface area contributed by atoms with Gasteiger partial charge in [-0.15, -0.1) is 0 Å². The molecule has 1 aromatic carbocycles. The molecule has 0 bridgehead atoms. The fourth-order valence-corrected chi connectivity index (χ4v) is 2.26. The first-order valence-electron chi connectivity index (χ1n) is 5.84. The molecule has 1 unspecified atom stereocenters. The van der Waals surface area contributed by atoms with E-state index in [0.717, 1.165) is 9.99 Å². The molecule has 18 heavy (non-hydrogen) atoms. The average molecular weight is 363 g/mol. The molecule has 0 spiro atoms. The van der Waals surface area contributed by atoms with Gasteiger partial charge in [-0.1, -0.05) is 13.8 Å². The minimum Gasteiger partial charge on any atom is -0.375 e. The summed E-state index contributed by atoms with van der Waals surface area (Å²) in [5, 5.41) is 14.2. The maximum absolute atomic E-state index is 11.0. The molecule has 5 nitrogen and oxygen atoms in total. The number of anilines is 1. The molecule has 0 aliphatic rings. The Balaban J connectivity index is 2.91. The van der Waals surface area contributed by atoms with Crippen LogP contribution in [-0.4, -0.2) is 17.5 Å². The quantitative estimate of drug-likeness (QED) is 0.463. The van der Waals surface area contributed by atoms with Gasteiger partial charge in [-0.05, 0) is 47.1 Å². The van der Waals surface area contributed by atoms with Gasteiger partial charge >= 0.3 is 0 Å². The van der Waals surface area contributed by atoms with E-state index in [1.54, 1.807) is 12.1 Å². The van der Waals surface area contributed by atoms with Gasteiger partial charge in [-0.2, -0.15) is 0 Å². The zero-order chi connectivity index (χ0) is 13.7. The summed E-state index contributed by atoms with van der Waals surface area (Å²) in [5.41, 5.74) is 6.33. The van der Waals surface area contributed by atoms with Crippen LogP contribution in [0.4, 0.5) is 11.4 Å². The van der Waals surface area contributed by atoms with Crippen molar-refractivity contribution in [3.05, 3.63) is 31.9 Å². The first-order valence-corrected chi connectivity index (χ1v) is 6.92. The molecular weight excluding hydrogens is 345 g/mol. The number of nitrogens with two attached hydrogens (primary N) is 1. The zero-order valence-corrected chi connectivity index (χ0v) is 12.7. The molecule has 1 aromatic rings. The molecule has 0 saturated heterocycles. The molecule has 1 rings (SSSR count). The van der Waals surface area contributed by atoms with Crippen LogP contribution >= 0.6 is 22.6 Å². The predicted octanol–water partition coefficient (Wildman–Crippen LogP) is 2.98. The Morgan fingerprint density at radius 1 is 1.50 bits per heavy atom. The van der Waals surface area contributed by atoms with Gasteiger partial charge < -0.3 is 11.1 Å². The van der Waals surface area contributed by atoms with Crippen LogP contribution in [0.5, 0.6) is 0 Å². The Hall–Kier alpha value is -0.890. The third-order valence-electron chi connectivity index (χ3n) is 2.56. The summed E-state index contributed by atoms with van der Waals surface area (Å²) in [6.07, 6.45) is 0.889. The van der Waals surface area contributed by atoms with Crippen molar-refractivity contribution >= 4 is 34.0 Å². The second-order valence-corrected chi connectivity index (χ2v) is 5.87. The van der Waals surface area contributed by atoms with Crippen LogP contribution in [0.2, 0.25) is 0 Å². The highest BCUT2D eigenvalue weighted by Gasteiger charge is 2.17. The van der Waals surface area contributed by atoms with Crippen molar-refractivity contribution in [1.29, 1.82) is 0 Å². The van der Waals surface area contributed by atoms with Crippen molar-refractivity contribution in [2.75, 3.05) is 11.9 Å². The number of benzene rings is 1. The zero-order valence-electron chi connectivity index (χ0n) is 10.5. The van der Waals surface area contributed by atoms with E-state index in [2.05, 4.69) is 41.8 Å². The van der Waals surface area contributed by atoms with Crippen LogP contribution in [0.3, 0.4) is 0 Å². The van der Waals surface area contributed by atoms with Gasteiger partial charge in [0.15, 0.2) is 0 Å². The third-order valence-corrected chi connectivity index (χ3v) is 3.23. The Bertz CT molecular complexity index is 424. The molecule has 6 heteroatoms. The number of halogens is 1. The van der Waals surface area contributed by atoms with Gasteiger partial charge in [0.05, 0.1) is 4.92 Å². The number of hydrogen-bond acceptors (Lipinski definition) is 4. The highest BCUT2D eigenvalue weighted by molar-refractivity contribution is 14.1. The molecular formula is C12H18IN3O2. The molecule has 0 aliphatic carbocycles. The monoisotopic (exact) mass is 363 g/mol. The van der Waals surface area contributed by atoms with Gasteiger partial charge in [-0.3, -0.25) is 10.1 Å². The first-order chi connectivity index (χ1) is 8.43. The average Bonchev–Trinajstić information content (AvgIpc) is 2.29. The fraction of sp³-hybridized carbons (Fsp3) is 0.500. The van der Waals surface area contributed by atoms with E-state index in [9.17, 15) is 10.1 Å². The molecule has 100 valence electrons. The van der Waals surface area contributed by atoms with E-state index in [0.29, 0.717) is 18.2 Å². The molecule has 1 atom stereocenters. The Morgan fingerprint density at radius 2 is 2.17 bits per heavy atom. The van der Waals surface area contributed by atoms with Crippen molar-refractivity contribution in [3.63, 3.8) is 0 Å². The van der Waals surface area contributed by atoms with Gasteiger partial charge in [0.2, 0.25) is 0 Å². The summed E-state index contributed by atoms with van der Waals surface area (Å²) in [5.74, 6) is 0.494. The largest absolute Gasteiger partial charge is 0.375 e. The van der Waals surface area contributed by atoms with E-state index in [4.69, 9.17) is 5.73 Å². The minimum absolute atomic E-state index is 0.0590. The lowest BCUT2D eigenvalue weighted by Gasteiger charge is -2.20. The first kappa shape index (κ1) is 15.2. The van der Waals surface area contributed by atoms with Crippen molar-refractivity contribution < 1.29 is 4.92 Å². The van der Waals surface area contributed by atoms with Gasteiger partial charge in [0.25, 0.3) is 5.69 Å². The van der Waals surface area contributed by atoms with Crippen molar-refractivity contribution in [1.82, 2.24) is 0 Å². The van der Waals surface area contributed by atoms with Crippen molar-refractivity contribution in [2.45, 2.75) is 26.3 Å². The van der Waals surface area contributed by atoms with Crippen LogP contribution in [0.25, 0.3) is 0 Å². The van der Waals surface area contributed by atoms with Gasteiger partial charge in [0.1, 0.15) is 5.69 Å². The van der Waals surface area contributed by atoms with E-state index < -0.39 is 0 Å². The number of nitrogens with zero attached hydrogens (tertiary/aromatic N) is 1. The van der Waals surface area contributed by atoms with Crippen molar-refractivity contribution in [3.8, 4) is 0 Å². The maximum Gasteiger partial charge on any atom is 0.293 e. The molecule has 3 N–H and O–H groups in total. The standard InChI is InChI=1S/C12H18IN3O2/c1-8(2)5-10(7-14)15-11-4-3-9(13)6-12(11)16(17)18/h3-4,6,8,10,15H,5,7,14H2,1-2H3. The summed E-state index contributed by atoms with van der Waals surface area (Å²) in [6.45, 7) is 4.67. The molecule has 0 amide bonds. The number of nitrogens with one attached hydrogen (secondary N) is 1. The number of nitro groups is 1. The SMILES string of the molecule is CC(C)CC(CN)Nc1ccc(I)cc1[N+](=O)[O-]. The lowest BCUT2D eigenvalue weighted by Crippen LogP contribution is -2.30. The lowest BCUT2D eigenvalue weighted by atomic mass is 10.0. The topological polar surface area (TPSA) is 81.2 Å². The van der Waals surface area contributed by atoms with E-state index in [1.807, 2.05) is 6.07 Å². The highest BCUT2D eigenvalue weighted by Crippen LogP contribution is 2.27. The normalized spacial score (nSPS) is 12.5. The van der Waals surface area contributed by atoms with Crippen LogP contribution in [0.15, 0.2) is 18.2 Å². The van der Waals surface area contributed by atoms with E-state index in [1.165, 1.54) is 0 Å². The minimum atomic E-state index is -0.368. The Morgan fingerprint density at radius 3 is 2.67 bits per heavy atom. The number of hydrogen-bond donors (Lipinski definition) is 2. The third kappa shape index (κ3) is 4.41. The predicted molar refractivity (Wildman–Crippen MR) is 81.7 cm³/mol. The second kappa shape index (κ2) is 6.89. The second-order valence-electron chi connectivity index (χ2n) is 4.63. The number of rotatable bonds is 6. The molecule has 0 heterocycles. The molecule has 0 fully saturated rings. The Labute approximate surface area is 120 Å². The van der Waals surface area contributed by atoms with E-state index in [-0.39, 0.29) is 16.7 Å². The number of nitro benzene ring substituents is 1. The smallest absolute Gasteiger partial charge is 0.293 e. The Kier molecular flexibility index (Phi) is 5.80. The maximum atomic E-state index is 11.0. The summed E-state index contributed by atoms with van der Waals surface area (Å²) >= 11 is 2.06.